The third kappa shape index (κ3) is 3.04. The van der Waals surface area contributed by atoms with Crippen LogP contribution < -0.4 is 4.90 Å². The number of thiazole rings is 1. The second kappa shape index (κ2) is 6.22. The summed E-state index contributed by atoms with van der Waals surface area (Å²) < 4.78 is 1.26. The molecule has 3 heterocycles. The van der Waals surface area contributed by atoms with Gasteiger partial charge in [0.05, 0.1) is 16.8 Å². The molecule has 0 aliphatic carbocycles. The summed E-state index contributed by atoms with van der Waals surface area (Å²) in [5.74, 6) is 0.883. The maximum Gasteiger partial charge on any atom is 0.186 e. The van der Waals surface area contributed by atoms with E-state index in [0.29, 0.717) is 6.04 Å². The summed E-state index contributed by atoms with van der Waals surface area (Å²) in [5.41, 5.74) is 1.10. The number of hydrogen-bond donors (Lipinski definition) is 0. The highest BCUT2D eigenvalue weighted by molar-refractivity contribution is 7.22. The normalized spacial score (nSPS) is 18.2. The Bertz CT molecular complexity index is 755. The Morgan fingerprint density at radius 2 is 2.04 bits per heavy atom. The first kappa shape index (κ1) is 14.5. The lowest BCUT2D eigenvalue weighted by molar-refractivity contribution is 0.244. The highest BCUT2D eigenvalue weighted by Crippen LogP contribution is 2.31. The van der Waals surface area contributed by atoms with Crippen molar-refractivity contribution in [2.45, 2.75) is 19.0 Å². The molecule has 0 unspecified atom stereocenters. The molecule has 118 valence electrons. The number of para-hydroxylation sites is 1. The van der Waals surface area contributed by atoms with Crippen LogP contribution in [0, 0.1) is 0 Å². The predicted molar refractivity (Wildman–Crippen MR) is 93.7 cm³/mol. The summed E-state index contributed by atoms with van der Waals surface area (Å²) in [6, 6.07) is 10.7. The van der Waals surface area contributed by atoms with Crippen molar-refractivity contribution < 1.29 is 0 Å². The third-order valence-electron chi connectivity index (χ3n) is 4.35. The molecule has 3 aromatic rings. The van der Waals surface area contributed by atoms with E-state index in [2.05, 4.69) is 45.0 Å². The topological polar surface area (TPSA) is 45.2 Å². The van der Waals surface area contributed by atoms with E-state index in [4.69, 9.17) is 4.98 Å². The van der Waals surface area contributed by atoms with Crippen LogP contribution in [0.25, 0.3) is 10.2 Å². The summed E-state index contributed by atoms with van der Waals surface area (Å²) in [6.45, 7) is 2.87. The van der Waals surface area contributed by atoms with Crippen LogP contribution in [-0.4, -0.2) is 46.0 Å². The zero-order valence-electron chi connectivity index (χ0n) is 13.1. The molecule has 0 amide bonds. The van der Waals surface area contributed by atoms with E-state index in [1.807, 2.05) is 12.1 Å². The van der Waals surface area contributed by atoms with Gasteiger partial charge in [-0.15, -0.1) is 0 Å². The number of benzene rings is 1. The number of fused-ring (bicyclic) bond motifs is 1. The Morgan fingerprint density at radius 3 is 2.87 bits per heavy atom. The van der Waals surface area contributed by atoms with E-state index in [1.54, 1.807) is 23.7 Å². The lowest BCUT2D eigenvalue weighted by atomic mass is 10.2. The second-order valence-electron chi connectivity index (χ2n) is 5.93. The predicted octanol–water partition coefficient (Wildman–Crippen LogP) is 2.80. The fourth-order valence-electron chi connectivity index (χ4n) is 3.03. The molecule has 0 bridgehead atoms. The molecular formula is C17H19N5S. The lowest BCUT2D eigenvalue weighted by Gasteiger charge is -2.23. The van der Waals surface area contributed by atoms with Crippen LogP contribution in [0.2, 0.25) is 0 Å². The molecule has 1 saturated heterocycles. The zero-order chi connectivity index (χ0) is 15.6. The van der Waals surface area contributed by atoms with Gasteiger partial charge in [-0.05, 0) is 31.7 Å². The van der Waals surface area contributed by atoms with Crippen molar-refractivity contribution in [2.75, 3.05) is 25.0 Å². The molecule has 4 rings (SSSR count). The van der Waals surface area contributed by atoms with Gasteiger partial charge in [0, 0.05) is 31.5 Å². The smallest absolute Gasteiger partial charge is 0.186 e. The van der Waals surface area contributed by atoms with Gasteiger partial charge in [0.2, 0.25) is 0 Å². The molecule has 0 saturated carbocycles. The minimum Gasteiger partial charge on any atom is -0.346 e. The SMILES string of the molecule is CN(Cc1ncccn1)[C@H]1CCN(c2nc3ccccc3s2)C1. The largest absolute Gasteiger partial charge is 0.346 e. The molecule has 0 N–H and O–H groups in total. The standard InChI is InChI=1S/C17H19N5S/c1-21(12-16-18-8-4-9-19-16)13-7-10-22(11-13)17-20-14-5-2-3-6-15(14)23-17/h2-6,8-9,13H,7,10-12H2,1H3/t13-/m0/s1. The summed E-state index contributed by atoms with van der Waals surface area (Å²) in [5, 5.41) is 1.14. The highest BCUT2D eigenvalue weighted by atomic mass is 32.1. The van der Waals surface area contributed by atoms with Gasteiger partial charge in [-0.1, -0.05) is 23.5 Å². The van der Waals surface area contributed by atoms with E-state index >= 15 is 0 Å². The summed E-state index contributed by atoms with van der Waals surface area (Å²) >= 11 is 1.78. The summed E-state index contributed by atoms with van der Waals surface area (Å²) in [4.78, 5) is 18.2. The van der Waals surface area contributed by atoms with E-state index in [-0.39, 0.29) is 0 Å². The van der Waals surface area contributed by atoms with E-state index in [0.717, 1.165) is 42.5 Å². The van der Waals surface area contributed by atoms with Gasteiger partial charge in [0.1, 0.15) is 5.82 Å². The quantitative estimate of drug-likeness (QED) is 0.738. The van der Waals surface area contributed by atoms with Gasteiger partial charge in [-0.2, -0.15) is 0 Å². The highest BCUT2D eigenvalue weighted by Gasteiger charge is 2.27. The number of anilines is 1. The number of hydrogen-bond acceptors (Lipinski definition) is 6. The molecule has 1 atom stereocenters. The van der Waals surface area contributed by atoms with Crippen LogP contribution in [-0.2, 0) is 6.54 Å². The van der Waals surface area contributed by atoms with Crippen molar-refractivity contribution in [3.05, 3.63) is 48.5 Å². The first-order valence-electron chi connectivity index (χ1n) is 7.86. The first-order chi connectivity index (χ1) is 11.3. The maximum absolute atomic E-state index is 4.77. The third-order valence-corrected chi connectivity index (χ3v) is 5.45. The van der Waals surface area contributed by atoms with Crippen LogP contribution >= 0.6 is 11.3 Å². The van der Waals surface area contributed by atoms with Crippen molar-refractivity contribution in [2.24, 2.45) is 0 Å². The Balaban J connectivity index is 1.44. The Kier molecular flexibility index (Phi) is 3.93. The number of aromatic nitrogens is 3. The number of rotatable bonds is 4. The molecule has 1 fully saturated rings. The van der Waals surface area contributed by atoms with Gasteiger partial charge in [-0.3, -0.25) is 4.90 Å². The van der Waals surface area contributed by atoms with Crippen LogP contribution in [0.15, 0.2) is 42.7 Å². The molecular weight excluding hydrogens is 306 g/mol. The molecule has 1 aliphatic heterocycles. The Labute approximate surface area is 139 Å². The summed E-state index contributed by atoms with van der Waals surface area (Å²) in [7, 11) is 2.16. The molecule has 0 radical (unpaired) electrons. The van der Waals surface area contributed by atoms with Gasteiger partial charge < -0.3 is 4.90 Å². The lowest BCUT2D eigenvalue weighted by Crippen LogP contribution is -2.34. The van der Waals surface area contributed by atoms with Gasteiger partial charge in [0.25, 0.3) is 0 Å². The van der Waals surface area contributed by atoms with Crippen molar-refractivity contribution in [1.82, 2.24) is 19.9 Å². The van der Waals surface area contributed by atoms with Crippen LogP contribution in [0.1, 0.15) is 12.2 Å². The second-order valence-corrected chi connectivity index (χ2v) is 6.94. The van der Waals surface area contributed by atoms with Crippen molar-refractivity contribution in [3.8, 4) is 0 Å². The summed E-state index contributed by atoms with van der Waals surface area (Å²) in [6.07, 6.45) is 4.76. The monoisotopic (exact) mass is 325 g/mol. The van der Waals surface area contributed by atoms with E-state index in [9.17, 15) is 0 Å². The molecule has 5 nitrogen and oxygen atoms in total. The molecule has 6 heteroatoms. The first-order valence-corrected chi connectivity index (χ1v) is 8.68. The minimum atomic E-state index is 0.519. The minimum absolute atomic E-state index is 0.519. The zero-order valence-corrected chi connectivity index (χ0v) is 13.9. The molecule has 1 aliphatic rings. The molecule has 23 heavy (non-hydrogen) atoms. The van der Waals surface area contributed by atoms with Crippen LogP contribution in [0.5, 0.6) is 0 Å². The average molecular weight is 325 g/mol. The Hall–Kier alpha value is -2.05. The molecule has 1 aromatic carbocycles. The fraction of sp³-hybridized carbons (Fsp3) is 0.353. The van der Waals surface area contributed by atoms with Crippen molar-refractivity contribution in [3.63, 3.8) is 0 Å². The van der Waals surface area contributed by atoms with Crippen molar-refractivity contribution >= 4 is 26.7 Å². The van der Waals surface area contributed by atoms with Crippen LogP contribution in [0.4, 0.5) is 5.13 Å². The van der Waals surface area contributed by atoms with E-state index < -0.39 is 0 Å². The van der Waals surface area contributed by atoms with Crippen molar-refractivity contribution in [1.29, 1.82) is 0 Å². The van der Waals surface area contributed by atoms with Crippen LogP contribution in [0.3, 0.4) is 0 Å². The maximum atomic E-state index is 4.77. The fourth-order valence-corrected chi connectivity index (χ4v) is 4.03. The van der Waals surface area contributed by atoms with E-state index in [1.165, 1.54) is 4.70 Å². The average Bonchev–Trinajstić information content (AvgIpc) is 3.22. The number of nitrogens with zero attached hydrogens (tertiary/aromatic N) is 5. The molecule has 0 spiro atoms. The molecule has 2 aromatic heterocycles. The number of likely N-dealkylation sites (N-methyl/N-ethyl adjacent to an activating group) is 1. The van der Waals surface area contributed by atoms with Gasteiger partial charge in [-0.25, -0.2) is 15.0 Å². The van der Waals surface area contributed by atoms with Gasteiger partial charge >= 0.3 is 0 Å². The van der Waals surface area contributed by atoms with Gasteiger partial charge in [0.15, 0.2) is 5.13 Å². The Morgan fingerprint density at radius 1 is 1.22 bits per heavy atom.